The van der Waals surface area contributed by atoms with Gasteiger partial charge in [-0.15, -0.1) is 0 Å². The number of aromatic nitrogens is 2. The molecule has 0 atom stereocenters. The number of nitrogens with zero attached hydrogens (tertiary/aromatic N) is 3. The van der Waals surface area contributed by atoms with Gasteiger partial charge < -0.3 is 0 Å². The third kappa shape index (κ3) is 1.99. The van der Waals surface area contributed by atoms with Crippen molar-refractivity contribution in [2.24, 2.45) is 7.05 Å². The van der Waals surface area contributed by atoms with Crippen LogP contribution in [0.25, 0.3) is 5.03 Å². The molecular formula is C9H9BrClN3. The van der Waals surface area contributed by atoms with Crippen molar-refractivity contribution in [2.75, 3.05) is 0 Å². The maximum Gasteiger partial charge on any atom is 0.112 e. The summed E-state index contributed by atoms with van der Waals surface area (Å²) < 4.78 is 2.44. The summed E-state index contributed by atoms with van der Waals surface area (Å²) in [5, 5.41) is 13.3. The van der Waals surface area contributed by atoms with Crippen molar-refractivity contribution in [3.8, 4) is 6.07 Å². The van der Waals surface area contributed by atoms with Crippen LogP contribution in [0, 0.1) is 11.3 Å². The summed E-state index contributed by atoms with van der Waals surface area (Å²) in [7, 11) is 1.80. The Balaban J connectivity index is 3.25. The zero-order valence-corrected chi connectivity index (χ0v) is 10.2. The largest absolute Gasteiger partial charge is 0.261 e. The lowest BCUT2D eigenvalue weighted by atomic mass is 10.1. The molecule has 1 aromatic rings. The highest BCUT2D eigenvalue weighted by Crippen LogP contribution is 2.29. The van der Waals surface area contributed by atoms with E-state index in [1.807, 2.05) is 6.92 Å². The summed E-state index contributed by atoms with van der Waals surface area (Å²) >= 11 is 9.41. The van der Waals surface area contributed by atoms with Crippen LogP contribution in [-0.2, 0) is 7.05 Å². The second kappa shape index (κ2) is 4.63. The maximum absolute atomic E-state index is 8.82. The first-order valence-corrected chi connectivity index (χ1v) is 5.25. The van der Waals surface area contributed by atoms with Gasteiger partial charge in [-0.05, 0) is 22.4 Å². The van der Waals surface area contributed by atoms with Crippen molar-refractivity contribution in [3.05, 3.63) is 21.9 Å². The van der Waals surface area contributed by atoms with Crippen LogP contribution in [-0.4, -0.2) is 9.78 Å². The molecule has 0 saturated carbocycles. The maximum atomic E-state index is 8.82. The third-order valence-corrected chi connectivity index (χ3v) is 3.23. The van der Waals surface area contributed by atoms with Gasteiger partial charge in [-0.1, -0.05) is 18.5 Å². The minimum absolute atomic E-state index is 0.468. The van der Waals surface area contributed by atoms with Gasteiger partial charge in [0, 0.05) is 18.2 Å². The van der Waals surface area contributed by atoms with Gasteiger partial charge in [0.15, 0.2) is 0 Å². The van der Waals surface area contributed by atoms with Crippen LogP contribution in [0.5, 0.6) is 0 Å². The van der Waals surface area contributed by atoms with Crippen molar-refractivity contribution in [1.29, 1.82) is 5.26 Å². The van der Waals surface area contributed by atoms with Crippen LogP contribution < -0.4 is 0 Å². The monoisotopic (exact) mass is 273 g/mol. The van der Waals surface area contributed by atoms with Gasteiger partial charge in [0.25, 0.3) is 0 Å². The zero-order valence-electron chi connectivity index (χ0n) is 7.88. The first-order valence-electron chi connectivity index (χ1n) is 4.08. The van der Waals surface area contributed by atoms with Gasteiger partial charge in [0.2, 0.25) is 0 Å². The van der Waals surface area contributed by atoms with E-state index in [0.29, 0.717) is 17.0 Å². The first kappa shape index (κ1) is 11.3. The normalized spacial score (nSPS) is 12.2. The van der Waals surface area contributed by atoms with E-state index in [-0.39, 0.29) is 0 Å². The molecule has 0 aliphatic carbocycles. The number of hydrogen-bond donors (Lipinski definition) is 0. The average Bonchev–Trinajstić information content (AvgIpc) is 2.49. The third-order valence-electron chi connectivity index (χ3n) is 1.86. The molecule has 14 heavy (non-hydrogen) atoms. The Labute approximate surface area is 96.1 Å². The van der Waals surface area contributed by atoms with E-state index < -0.39 is 0 Å². The summed E-state index contributed by atoms with van der Waals surface area (Å²) in [6, 6.07) is 2.08. The molecule has 0 aliphatic heterocycles. The van der Waals surface area contributed by atoms with E-state index in [4.69, 9.17) is 16.9 Å². The lowest BCUT2D eigenvalue weighted by molar-refractivity contribution is 0.749. The van der Waals surface area contributed by atoms with E-state index in [9.17, 15) is 0 Å². The van der Waals surface area contributed by atoms with Crippen molar-refractivity contribution >= 4 is 32.6 Å². The van der Waals surface area contributed by atoms with Gasteiger partial charge in [-0.25, -0.2) is 0 Å². The number of allylic oxidation sites excluding steroid dienone is 1. The number of halogens is 2. The summed E-state index contributed by atoms with van der Waals surface area (Å²) in [5.41, 5.74) is 1.33. The molecule has 0 bridgehead atoms. The SMILES string of the molecule is CC/C(C#N)=C(\Cl)c1cnn(C)c1Br. The summed E-state index contributed by atoms with van der Waals surface area (Å²) in [6.45, 7) is 1.89. The molecule has 0 radical (unpaired) electrons. The fraction of sp³-hybridized carbons (Fsp3) is 0.333. The van der Waals surface area contributed by atoms with E-state index >= 15 is 0 Å². The van der Waals surface area contributed by atoms with E-state index in [0.717, 1.165) is 10.2 Å². The molecule has 0 unspecified atom stereocenters. The zero-order chi connectivity index (χ0) is 10.7. The summed E-state index contributed by atoms with van der Waals surface area (Å²) in [5.74, 6) is 0. The molecule has 0 spiro atoms. The molecule has 0 N–H and O–H groups in total. The molecule has 0 amide bonds. The second-order valence-electron chi connectivity index (χ2n) is 2.73. The Morgan fingerprint density at radius 1 is 1.79 bits per heavy atom. The minimum Gasteiger partial charge on any atom is -0.261 e. The molecule has 0 fully saturated rings. The highest BCUT2D eigenvalue weighted by atomic mass is 79.9. The lowest BCUT2D eigenvalue weighted by Crippen LogP contribution is -1.89. The Hall–Kier alpha value is -0.790. The van der Waals surface area contributed by atoms with Gasteiger partial charge in [-0.3, -0.25) is 4.68 Å². The van der Waals surface area contributed by atoms with Crippen LogP contribution in [0.15, 0.2) is 16.4 Å². The Bertz CT molecular complexity index is 414. The molecule has 1 rings (SSSR count). The quantitative estimate of drug-likeness (QED) is 0.778. The number of rotatable bonds is 2. The fourth-order valence-electron chi connectivity index (χ4n) is 1.02. The average molecular weight is 275 g/mol. The molecule has 0 saturated heterocycles. The number of hydrogen-bond acceptors (Lipinski definition) is 2. The smallest absolute Gasteiger partial charge is 0.112 e. The van der Waals surface area contributed by atoms with E-state index in [1.54, 1.807) is 17.9 Å². The topological polar surface area (TPSA) is 41.6 Å². The van der Waals surface area contributed by atoms with Crippen LogP contribution in [0.1, 0.15) is 18.9 Å². The molecule has 74 valence electrons. The van der Waals surface area contributed by atoms with Crippen molar-refractivity contribution < 1.29 is 0 Å². The van der Waals surface area contributed by atoms with E-state index in [1.165, 1.54) is 0 Å². The highest BCUT2D eigenvalue weighted by Gasteiger charge is 2.12. The Kier molecular flexibility index (Phi) is 3.73. The molecule has 3 nitrogen and oxygen atoms in total. The van der Waals surface area contributed by atoms with Crippen LogP contribution in [0.4, 0.5) is 0 Å². The number of nitriles is 1. The van der Waals surface area contributed by atoms with E-state index in [2.05, 4.69) is 27.1 Å². The van der Waals surface area contributed by atoms with Gasteiger partial charge in [-0.2, -0.15) is 10.4 Å². The van der Waals surface area contributed by atoms with Crippen LogP contribution in [0.3, 0.4) is 0 Å². The Morgan fingerprint density at radius 2 is 2.43 bits per heavy atom. The first-order chi connectivity index (χ1) is 6.61. The molecule has 1 heterocycles. The Morgan fingerprint density at radius 3 is 2.79 bits per heavy atom. The minimum atomic E-state index is 0.468. The molecular weight excluding hydrogens is 265 g/mol. The lowest BCUT2D eigenvalue weighted by Gasteiger charge is -1.99. The van der Waals surface area contributed by atoms with Gasteiger partial charge in [0.1, 0.15) is 4.60 Å². The van der Waals surface area contributed by atoms with Crippen LogP contribution >= 0.6 is 27.5 Å². The predicted octanol–water partition coefficient (Wildman–Crippen LogP) is 3.07. The predicted molar refractivity (Wildman–Crippen MR) is 59.6 cm³/mol. The van der Waals surface area contributed by atoms with Crippen LogP contribution in [0.2, 0.25) is 0 Å². The summed E-state index contributed by atoms with van der Waals surface area (Å²) in [4.78, 5) is 0. The van der Waals surface area contributed by atoms with Crippen molar-refractivity contribution in [2.45, 2.75) is 13.3 Å². The fourth-order valence-corrected chi connectivity index (χ4v) is 1.84. The summed E-state index contributed by atoms with van der Waals surface area (Å²) in [6.07, 6.45) is 2.26. The molecule has 1 aromatic heterocycles. The highest BCUT2D eigenvalue weighted by molar-refractivity contribution is 9.10. The second-order valence-corrected chi connectivity index (χ2v) is 3.86. The van der Waals surface area contributed by atoms with Gasteiger partial charge >= 0.3 is 0 Å². The molecule has 0 aromatic carbocycles. The van der Waals surface area contributed by atoms with Gasteiger partial charge in [0.05, 0.1) is 17.3 Å². The molecule has 5 heteroatoms. The standard InChI is InChI=1S/C9H9BrClN3/c1-3-6(4-12)8(11)7-5-13-14(2)9(7)10/h5H,3H2,1-2H3/b8-6+. The van der Waals surface area contributed by atoms with Crippen molar-refractivity contribution in [3.63, 3.8) is 0 Å². The van der Waals surface area contributed by atoms with Crippen molar-refractivity contribution in [1.82, 2.24) is 9.78 Å². The molecule has 0 aliphatic rings. The number of aryl methyl sites for hydroxylation is 1.